The lowest BCUT2D eigenvalue weighted by Gasteiger charge is -2.30. The average molecular weight is 434 g/mol. The van der Waals surface area contributed by atoms with Gasteiger partial charge in [-0.25, -0.2) is 0 Å². The molecule has 0 radical (unpaired) electrons. The number of hydrogen-bond acceptors (Lipinski definition) is 1. The van der Waals surface area contributed by atoms with Crippen molar-refractivity contribution in [3.63, 3.8) is 0 Å². The fourth-order valence-corrected chi connectivity index (χ4v) is 6.53. The maximum absolute atomic E-state index is 4.93. The summed E-state index contributed by atoms with van der Waals surface area (Å²) >= 11 is 0. The number of rotatable bonds is 1. The number of aryl methyl sites for hydroxylation is 4. The van der Waals surface area contributed by atoms with Gasteiger partial charge in [-0.05, 0) is 104 Å². The highest BCUT2D eigenvalue weighted by Crippen LogP contribution is 2.45. The minimum atomic E-state index is 1.11. The first-order valence-corrected chi connectivity index (χ1v) is 12.3. The van der Waals surface area contributed by atoms with Gasteiger partial charge in [0, 0.05) is 17.1 Å². The third-order valence-corrected chi connectivity index (χ3v) is 8.06. The summed E-state index contributed by atoms with van der Waals surface area (Å²) in [5, 5.41) is 7.74. The summed E-state index contributed by atoms with van der Waals surface area (Å²) in [4.78, 5) is 4.93. The van der Waals surface area contributed by atoms with Gasteiger partial charge in [-0.2, -0.15) is 0 Å². The molecule has 34 heavy (non-hydrogen) atoms. The van der Waals surface area contributed by atoms with E-state index in [0.717, 1.165) is 31.4 Å². The fraction of sp³-hybridized carbons (Fsp3) is 0.121. The molecule has 8 rings (SSSR count). The van der Waals surface area contributed by atoms with Crippen molar-refractivity contribution in [1.29, 1.82) is 0 Å². The minimum Gasteiger partial charge on any atom is -0.256 e. The predicted molar refractivity (Wildman–Crippen MR) is 142 cm³/mol. The van der Waals surface area contributed by atoms with Crippen LogP contribution >= 0.6 is 0 Å². The van der Waals surface area contributed by atoms with Crippen LogP contribution in [0.1, 0.15) is 22.3 Å². The van der Waals surface area contributed by atoms with E-state index in [0.29, 0.717) is 0 Å². The molecule has 0 N–H and O–H groups in total. The second-order valence-electron chi connectivity index (χ2n) is 9.82. The largest absolute Gasteiger partial charge is 0.256 e. The molecule has 0 amide bonds. The van der Waals surface area contributed by atoms with Crippen LogP contribution in [0, 0.1) is 0 Å². The van der Waals surface area contributed by atoms with Gasteiger partial charge < -0.3 is 0 Å². The van der Waals surface area contributed by atoms with Crippen molar-refractivity contribution in [2.75, 3.05) is 0 Å². The Morgan fingerprint density at radius 1 is 0.471 bits per heavy atom. The number of aromatic nitrogens is 1. The van der Waals surface area contributed by atoms with Crippen molar-refractivity contribution >= 4 is 32.3 Å². The summed E-state index contributed by atoms with van der Waals surface area (Å²) in [6.07, 6.45) is 6.50. The summed E-state index contributed by atoms with van der Waals surface area (Å²) in [6, 6.07) is 31.7. The molecule has 2 aliphatic rings. The molecule has 0 unspecified atom stereocenters. The van der Waals surface area contributed by atoms with E-state index in [2.05, 4.69) is 84.9 Å². The first-order chi connectivity index (χ1) is 16.8. The van der Waals surface area contributed by atoms with Gasteiger partial charge in [0.25, 0.3) is 0 Å². The summed E-state index contributed by atoms with van der Waals surface area (Å²) in [5.74, 6) is 0. The van der Waals surface area contributed by atoms with E-state index < -0.39 is 0 Å². The quantitative estimate of drug-likeness (QED) is 0.239. The summed E-state index contributed by atoms with van der Waals surface area (Å²) < 4.78 is 0. The van der Waals surface area contributed by atoms with Crippen LogP contribution in [0.2, 0.25) is 0 Å². The molecule has 1 heterocycles. The van der Waals surface area contributed by atoms with Gasteiger partial charge in [0.1, 0.15) is 0 Å². The normalized spacial score (nSPS) is 14.0. The molecule has 0 spiro atoms. The molecule has 6 aromatic rings. The molecule has 1 nitrogen and oxygen atoms in total. The van der Waals surface area contributed by atoms with E-state index in [1.807, 2.05) is 6.20 Å². The number of nitrogens with zero attached hydrogens (tertiary/aromatic N) is 1. The average Bonchev–Trinajstić information content (AvgIpc) is 2.90. The molecular weight excluding hydrogens is 410 g/mol. The Labute approximate surface area is 198 Å². The third-order valence-electron chi connectivity index (χ3n) is 8.06. The smallest absolute Gasteiger partial charge is 0.0780 e. The molecule has 0 fully saturated rings. The third kappa shape index (κ3) is 2.47. The van der Waals surface area contributed by atoms with E-state index in [4.69, 9.17) is 4.98 Å². The van der Waals surface area contributed by atoms with Crippen LogP contribution in [0.3, 0.4) is 0 Å². The lowest BCUT2D eigenvalue weighted by Crippen LogP contribution is -2.14. The predicted octanol–water partition coefficient (Wildman–Crippen LogP) is 8.07. The van der Waals surface area contributed by atoms with Crippen LogP contribution in [-0.2, 0) is 25.7 Å². The SMILES string of the molecule is c1cc2c3c(c1)CCc1cc(-c4nccc5c4ccc4c6ccccc6ccc54)cc(c1-3)CC2. The van der Waals surface area contributed by atoms with Crippen LogP contribution in [0.4, 0.5) is 0 Å². The number of hydrogen-bond donors (Lipinski definition) is 0. The zero-order valence-corrected chi connectivity index (χ0v) is 18.9. The molecular formula is C33H23N. The Morgan fingerprint density at radius 2 is 1.09 bits per heavy atom. The van der Waals surface area contributed by atoms with E-state index in [1.165, 1.54) is 71.3 Å². The fourth-order valence-electron chi connectivity index (χ4n) is 6.53. The van der Waals surface area contributed by atoms with E-state index >= 15 is 0 Å². The van der Waals surface area contributed by atoms with Gasteiger partial charge >= 0.3 is 0 Å². The van der Waals surface area contributed by atoms with Crippen LogP contribution in [-0.4, -0.2) is 4.98 Å². The minimum absolute atomic E-state index is 1.11. The monoisotopic (exact) mass is 433 g/mol. The lowest BCUT2D eigenvalue weighted by molar-refractivity contribution is 0.877. The van der Waals surface area contributed by atoms with Crippen LogP contribution < -0.4 is 0 Å². The zero-order chi connectivity index (χ0) is 22.2. The molecule has 2 aliphatic carbocycles. The van der Waals surface area contributed by atoms with E-state index in [1.54, 1.807) is 0 Å². The standard InChI is InChI=1S/C33H23N/c1-2-7-26-20(4-1)12-13-28-27(26)14-15-30-29(28)16-17-34-33(30)25-18-23-10-8-21-5-3-6-22-9-11-24(19-25)32(23)31(21)22/h1-7,12-19H,8-11H2. The number of fused-ring (bicyclic) bond motifs is 5. The second-order valence-corrected chi connectivity index (χ2v) is 9.82. The first-order valence-electron chi connectivity index (χ1n) is 12.3. The molecule has 0 atom stereocenters. The maximum Gasteiger partial charge on any atom is 0.0780 e. The zero-order valence-electron chi connectivity index (χ0n) is 18.9. The highest BCUT2D eigenvalue weighted by atomic mass is 14.7. The van der Waals surface area contributed by atoms with Crippen LogP contribution in [0.5, 0.6) is 0 Å². The summed E-state index contributed by atoms with van der Waals surface area (Å²) in [6.45, 7) is 0. The Hall–Kier alpha value is -3.97. The molecule has 0 aliphatic heterocycles. The van der Waals surface area contributed by atoms with Crippen LogP contribution in [0.25, 0.3) is 54.7 Å². The molecule has 1 aromatic heterocycles. The highest BCUT2D eigenvalue weighted by molar-refractivity contribution is 6.18. The Balaban J connectivity index is 1.38. The lowest BCUT2D eigenvalue weighted by atomic mass is 9.74. The van der Waals surface area contributed by atoms with Crippen molar-refractivity contribution < 1.29 is 0 Å². The molecule has 1 heteroatoms. The highest BCUT2D eigenvalue weighted by Gasteiger charge is 2.26. The van der Waals surface area contributed by atoms with Gasteiger partial charge in [-0.15, -0.1) is 0 Å². The van der Waals surface area contributed by atoms with Crippen molar-refractivity contribution in [3.8, 4) is 22.4 Å². The van der Waals surface area contributed by atoms with Crippen molar-refractivity contribution in [2.24, 2.45) is 0 Å². The molecule has 0 bridgehead atoms. The molecule has 0 saturated heterocycles. The molecule has 160 valence electrons. The summed E-state index contributed by atoms with van der Waals surface area (Å²) in [7, 11) is 0. The van der Waals surface area contributed by atoms with Gasteiger partial charge in [-0.1, -0.05) is 66.7 Å². The Kier molecular flexibility index (Phi) is 3.68. The molecule has 0 saturated carbocycles. The molecule has 5 aromatic carbocycles. The number of pyridine rings is 1. The summed E-state index contributed by atoms with van der Waals surface area (Å²) in [5.41, 5.74) is 11.5. The topological polar surface area (TPSA) is 12.9 Å². The Morgan fingerprint density at radius 3 is 1.91 bits per heavy atom. The maximum atomic E-state index is 4.93. The van der Waals surface area contributed by atoms with Gasteiger partial charge in [0.15, 0.2) is 0 Å². The van der Waals surface area contributed by atoms with Crippen molar-refractivity contribution in [1.82, 2.24) is 4.98 Å². The first kappa shape index (κ1) is 18.5. The second kappa shape index (κ2) is 6.77. The van der Waals surface area contributed by atoms with E-state index in [-0.39, 0.29) is 0 Å². The Bertz CT molecular complexity index is 1760. The van der Waals surface area contributed by atoms with E-state index in [9.17, 15) is 0 Å². The van der Waals surface area contributed by atoms with Crippen molar-refractivity contribution in [2.45, 2.75) is 25.7 Å². The van der Waals surface area contributed by atoms with Gasteiger partial charge in [-0.3, -0.25) is 4.98 Å². The van der Waals surface area contributed by atoms with Gasteiger partial charge in [0.05, 0.1) is 5.69 Å². The van der Waals surface area contributed by atoms with Crippen LogP contribution in [0.15, 0.2) is 91.1 Å². The van der Waals surface area contributed by atoms with Gasteiger partial charge in [0.2, 0.25) is 0 Å². The van der Waals surface area contributed by atoms with Crippen molar-refractivity contribution in [3.05, 3.63) is 113 Å². The number of benzene rings is 5.